The van der Waals surface area contributed by atoms with E-state index in [1.807, 2.05) is 13.8 Å². The Kier molecular flexibility index (Phi) is 4.88. The fourth-order valence-electron chi connectivity index (χ4n) is 1.60. The molecule has 0 aliphatic rings. The lowest BCUT2D eigenvalue weighted by atomic mass is 10.3. The molecule has 1 heterocycles. The maximum atomic E-state index is 12.0. The van der Waals surface area contributed by atoms with Gasteiger partial charge in [-0.15, -0.1) is 0 Å². The summed E-state index contributed by atoms with van der Waals surface area (Å²) in [6.45, 7) is 5.58. The van der Waals surface area contributed by atoms with Gasteiger partial charge in [0.05, 0.1) is 6.54 Å². The largest absolute Gasteiger partial charge is 0.352 e. The minimum atomic E-state index is -0.406. The zero-order chi connectivity index (χ0) is 13.7. The minimum absolute atomic E-state index is 0.0582. The number of carbonyl (C=O) groups excluding carboxylic acids is 2. The zero-order valence-corrected chi connectivity index (χ0v) is 11.3. The third kappa shape index (κ3) is 3.87. The summed E-state index contributed by atoms with van der Waals surface area (Å²) in [4.78, 5) is 25.0. The maximum absolute atomic E-state index is 12.0. The summed E-state index contributed by atoms with van der Waals surface area (Å²) in [5.74, 6) is -0.300. The molecule has 6 nitrogen and oxygen atoms in total. The third-order valence-electron chi connectivity index (χ3n) is 2.49. The van der Waals surface area contributed by atoms with Crippen molar-refractivity contribution < 1.29 is 9.59 Å². The Balaban J connectivity index is 2.54. The number of carbonyl (C=O) groups is 2. The van der Waals surface area contributed by atoms with Gasteiger partial charge in [0.15, 0.2) is 0 Å². The summed E-state index contributed by atoms with van der Waals surface area (Å²) in [5.41, 5.74) is 0. The van der Waals surface area contributed by atoms with Crippen LogP contribution in [0.1, 0.15) is 26.8 Å². The van der Waals surface area contributed by atoms with Crippen LogP contribution < -0.4 is 5.32 Å². The molecule has 0 aliphatic heterocycles. The van der Waals surface area contributed by atoms with Gasteiger partial charge >= 0.3 is 0 Å². The number of aromatic nitrogens is 2. The highest BCUT2D eigenvalue weighted by Gasteiger charge is 2.21. The van der Waals surface area contributed by atoms with E-state index in [1.54, 1.807) is 37.1 Å². The van der Waals surface area contributed by atoms with Crippen molar-refractivity contribution in [2.75, 3.05) is 13.6 Å². The molecule has 0 saturated heterocycles. The van der Waals surface area contributed by atoms with Crippen LogP contribution >= 0.6 is 0 Å². The van der Waals surface area contributed by atoms with Gasteiger partial charge < -0.3 is 10.2 Å². The molecule has 2 amide bonds. The van der Waals surface area contributed by atoms with Crippen molar-refractivity contribution in [2.45, 2.75) is 32.9 Å². The quantitative estimate of drug-likeness (QED) is 0.826. The highest BCUT2D eigenvalue weighted by molar-refractivity contribution is 5.86. The molecule has 0 bridgehead atoms. The van der Waals surface area contributed by atoms with E-state index < -0.39 is 6.04 Å². The fourth-order valence-corrected chi connectivity index (χ4v) is 1.60. The molecular formula is C12H20N4O2. The Bertz CT molecular complexity index is 400. The molecule has 0 saturated carbocycles. The van der Waals surface area contributed by atoms with Crippen LogP contribution in [0.5, 0.6) is 0 Å². The normalized spacial score (nSPS) is 12.3. The highest BCUT2D eigenvalue weighted by atomic mass is 16.2. The SMILES string of the molecule is CC(C)NC(=O)CN(C)C(=O)C(C)n1cccn1. The second-order valence-electron chi connectivity index (χ2n) is 4.58. The van der Waals surface area contributed by atoms with Crippen molar-refractivity contribution in [1.82, 2.24) is 20.0 Å². The molecule has 100 valence electrons. The predicted octanol–water partition coefficient (Wildman–Crippen LogP) is 0.427. The molecular weight excluding hydrogens is 232 g/mol. The van der Waals surface area contributed by atoms with Crippen molar-refractivity contribution in [2.24, 2.45) is 0 Å². The van der Waals surface area contributed by atoms with Gasteiger partial charge in [0, 0.05) is 25.5 Å². The Hall–Kier alpha value is -1.85. The standard InChI is InChI=1S/C12H20N4O2/c1-9(2)14-11(17)8-15(4)12(18)10(3)16-7-5-6-13-16/h5-7,9-10H,8H2,1-4H3,(H,14,17). The number of nitrogens with one attached hydrogen (secondary N) is 1. The van der Waals surface area contributed by atoms with Crippen molar-refractivity contribution in [3.05, 3.63) is 18.5 Å². The zero-order valence-electron chi connectivity index (χ0n) is 11.3. The van der Waals surface area contributed by atoms with Crippen molar-refractivity contribution >= 4 is 11.8 Å². The number of likely N-dealkylation sites (N-methyl/N-ethyl adjacent to an activating group) is 1. The van der Waals surface area contributed by atoms with Crippen molar-refractivity contribution in [3.63, 3.8) is 0 Å². The van der Waals surface area contributed by atoms with Crippen LogP contribution in [0.15, 0.2) is 18.5 Å². The monoisotopic (exact) mass is 252 g/mol. The van der Waals surface area contributed by atoms with Crippen LogP contribution in [-0.4, -0.2) is 46.1 Å². The second-order valence-corrected chi connectivity index (χ2v) is 4.58. The first-order valence-electron chi connectivity index (χ1n) is 5.95. The molecule has 18 heavy (non-hydrogen) atoms. The average Bonchev–Trinajstić information content (AvgIpc) is 2.78. The molecule has 1 aromatic rings. The summed E-state index contributed by atoms with van der Waals surface area (Å²) < 4.78 is 1.57. The van der Waals surface area contributed by atoms with Crippen LogP contribution in [0.2, 0.25) is 0 Å². The minimum Gasteiger partial charge on any atom is -0.352 e. The van der Waals surface area contributed by atoms with E-state index in [-0.39, 0.29) is 24.4 Å². The summed E-state index contributed by atoms with van der Waals surface area (Å²) in [6, 6.07) is 1.43. The van der Waals surface area contributed by atoms with E-state index in [0.717, 1.165) is 0 Å². The maximum Gasteiger partial charge on any atom is 0.247 e. The molecule has 1 rings (SSSR count). The second kappa shape index (κ2) is 6.18. The summed E-state index contributed by atoms with van der Waals surface area (Å²) in [5, 5.41) is 6.76. The molecule has 1 N–H and O–H groups in total. The van der Waals surface area contributed by atoms with Gasteiger partial charge in [0.25, 0.3) is 0 Å². The first-order chi connectivity index (χ1) is 8.41. The molecule has 0 aliphatic carbocycles. The van der Waals surface area contributed by atoms with Crippen LogP contribution in [0.4, 0.5) is 0 Å². The van der Waals surface area contributed by atoms with E-state index in [4.69, 9.17) is 0 Å². The van der Waals surface area contributed by atoms with Gasteiger partial charge in [0.1, 0.15) is 6.04 Å². The molecule has 1 aromatic heterocycles. The molecule has 1 atom stereocenters. The van der Waals surface area contributed by atoms with Crippen LogP contribution in [0.3, 0.4) is 0 Å². The molecule has 0 spiro atoms. The van der Waals surface area contributed by atoms with Gasteiger partial charge in [-0.1, -0.05) is 0 Å². The Labute approximate surface area is 107 Å². The van der Waals surface area contributed by atoms with E-state index in [0.29, 0.717) is 0 Å². The van der Waals surface area contributed by atoms with E-state index in [9.17, 15) is 9.59 Å². The molecule has 0 radical (unpaired) electrons. The molecule has 1 unspecified atom stereocenters. The number of hydrogen-bond acceptors (Lipinski definition) is 3. The van der Waals surface area contributed by atoms with Crippen molar-refractivity contribution in [3.8, 4) is 0 Å². The van der Waals surface area contributed by atoms with E-state index in [2.05, 4.69) is 10.4 Å². The third-order valence-corrected chi connectivity index (χ3v) is 2.49. The number of hydrogen-bond donors (Lipinski definition) is 1. The first-order valence-corrected chi connectivity index (χ1v) is 5.95. The smallest absolute Gasteiger partial charge is 0.247 e. The lowest BCUT2D eigenvalue weighted by Gasteiger charge is -2.21. The fraction of sp³-hybridized carbons (Fsp3) is 0.583. The van der Waals surface area contributed by atoms with Crippen LogP contribution in [-0.2, 0) is 9.59 Å². The van der Waals surface area contributed by atoms with Crippen molar-refractivity contribution in [1.29, 1.82) is 0 Å². The van der Waals surface area contributed by atoms with Gasteiger partial charge in [-0.05, 0) is 26.8 Å². The number of nitrogens with zero attached hydrogens (tertiary/aromatic N) is 3. The topological polar surface area (TPSA) is 67.2 Å². The predicted molar refractivity (Wildman–Crippen MR) is 67.9 cm³/mol. The molecule has 0 aromatic carbocycles. The number of amides is 2. The Morgan fingerprint density at radius 1 is 1.39 bits per heavy atom. The van der Waals surface area contributed by atoms with Gasteiger partial charge in [-0.25, -0.2) is 0 Å². The molecule has 6 heteroatoms. The summed E-state index contributed by atoms with van der Waals surface area (Å²) in [7, 11) is 1.61. The average molecular weight is 252 g/mol. The van der Waals surface area contributed by atoms with E-state index in [1.165, 1.54) is 4.90 Å². The molecule has 0 fully saturated rings. The lowest BCUT2D eigenvalue weighted by Crippen LogP contribution is -2.42. The van der Waals surface area contributed by atoms with Gasteiger partial charge in [-0.2, -0.15) is 5.10 Å². The van der Waals surface area contributed by atoms with E-state index >= 15 is 0 Å². The number of rotatable bonds is 5. The van der Waals surface area contributed by atoms with Gasteiger partial charge in [-0.3, -0.25) is 14.3 Å². The van der Waals surface area contributed by atoms with Crippen LogP contribution in [0, 0.1) is 0 Å². The summed E-state index contributed by atoms with van der Waals surface area (Å²) >= 11 is 0. The van der Waals surface area contributed by atoms with Gasteiger partial charge in [0.2, 0.25) is 11.8 Å². The lowest BCUT2D eigenvalue weighted by molar-refractivity contribution is -0.137. The Morgan fingerprint density at radius 3 is 2.56 bits per heavy atom. The first kappa shape index (κ1) is 14.2. The van der Waals surface area contributed by atoms with Crippen LogP contribution in [0.25, 0.3) is 0 Å². The highest BCUT2D eigenvalue weighted by Crippen LogP contribution is 2.06. The summed E-state index contributed by atoms with van der Waals surface area (Å²) in [6.07, 6.45) is 3.35. The Morgan fingerprint density at radius 2 is 2.06 bits per heavy atom.